The van der Waals surface area contributed by atoms with Crippen molar-refractivity contribution in [1.29, 1.82) is 0 Å². The molecular weight excluding hydrogens is 347 g/mol. The van der Waals surface area contributed by atoms with Gasteiger partial charge in [0.15, 0.2) is 5.82 Å². The van der Waals surface area contributed by atoms with Crippen LogP contribution in [-0.2, 0) is 0 Å². The number of hydrogen-bond donors (Lipinski definition) is 0. The van der Waals surface area contributed by atoms with Crippen molar-refractivity contribution in [2.24, 2.45) is 0 Å². The maximum atomic E-state index is 13.7. The fourth-order valence-corrected chi connectivity index (χ4v) is 3.49. The van der Waals surface area contributed by atoms with Gasteiger partial charge in [-0.1, -0.05) is 0 Å². The largest absolute Gasteiger partial charge is 0.353 e. The lowest BCUT2D eigenvalue weighted by molar-refractivity contribution is 0.490. The molecule has 9 heteroatoms. The van der Waals surface area contributed by atoms with Crippen molar-refractivity contribution in [2.45, 2.75) is 13.0 Å². The molecule has 0 N–H and O–H groups in total. The first-order valence-electron chi connectivity index (χ1n) is 8.66. The Morgan fingerprint density at radius 1 is 1.15 bits per heavy atom. The fraction of sp³-hybridized carbons (Fsp3) is 0.278. The van der Waals surface area contributed by atoms with E-state index in [4.69, 9.17) is 0 Å². The molecule has 8 nitrogen and oxygen atoms in total. The molecule has 1 aliphatic rings. The molecule has 0 atom stereocenters. The van der Waals surface area contributed by atoms with Crippen molar-refractivity contribution in [3.63, 3.8) is 0 Å². The highest BCUT2D eigenvalue weighted by Gasteiger charge is 2.33. The van der Waals surface area contributed by atoms with E-state index in [2.05, 4.69) is 34.9 Å². The van der Waals surface area contributed by atoms with E-state index in [-0.39, 0.29) is 11.9 Å². The van der Waals surface area contributed by atoms with Crippen molar-refractivity contribution in [1.82, 2.24) is 29.5 Å². The molecule has 0 spiro atoms. The van der Waals surface area contributed by atoms with Crippen molar-refractivity contribution in [3.8, 4) is 0 Å². The Bertz CT molecular complexity index is 1150. The van der Waals surface area contributed by atoms with Crippen molar-refractivity contribution in [2.75, 3.05) is 29.9 Å². The molecule has 3 aromatic heterocycles. The molecule has 0 saturated carbocycles. The summed E-state index contributed by atoms with van der Waals surface area (Å²) in [6.07, 6.45) is 5.14. The van der Waals surface area contributed by atoms with Crippen molar-refractivity contribution >= 4 is 28.2 Å². The van der Waals surface area contributed by atoms with Crippen molar-refractivity contribution in [3.05, 3.63) is 48.6 Å². The molecule has 0 amide bonds. The molecule has 1 fully saturated rings. The molecule has 0 aliphatic carbocycles. The second-order valence-corrected chi connectivity index (χ2v) is 6.72. The lowest BCUT2D eigenvalue weighted by Crippen LogP contribution is -2.59. The van der Waals surface area contributed by atoms with E-state index < -0.39 is 0 Å². The van der Waals surface area contributed by atoms with Gasteiger partial charge in [0.2, 0.25) is 5.65 Å². The standard InChI is InChI=1S/C18H17FN8/c1-11-23-24-18-17(20-5-6-27(11)18)26-8-13(9-26)25(2)16-14-7-12(19)3-4-15(14)21-10-22-16/h3-7,10,13H,8-9H2,1-2H3. The first kappa shape index (κ1) is 15.9. The molecule has 4 aromatic rings. The Hall–Kier alpha value is -3.36. The summed E-state index contributed by atoms with van der Waals surface area (Å²) in [4.78, 5) is 17.3. The smallest absolute Gasteiger partial charge is 0.203 e. The molecule has 136 valence electrons. The molecule has 27 heavy (non-hydrogen) atoms. The van der Waals surface area contributed by atoms with Gasteiger partial charge in [0.05, 0.1) is 11.6 Å². The average Bonchev–Trinajstić information content (AvgIpc) is 3.02. The second kappa shape index (κ2) is 5.83. The summed E-state index contributed by atoms with van der Waals surface area (Å²) < 4.78 is 15.6. The van der Waals surface area contributed by atoms with Gasteiger partial charge in [0, 0.05) is 37.9 Å². The van der Waals surface area contributed by atoms with Gasteiger partial charge in [-0.15, -0.1) is 10.2 Å². The lowest BCUT2D eigenvalue weighted by atomic mass is 10.1. The molecule has 5 rings (SSSR count). The quantitative estimate of drug-likeness (QED) is 0.549. The van der Waals surface area contributed by atoms with E-state index in [0.717, 1.165) is 41.7 Å². The second-order valence-electron chi connectivity index (χ2n) is 6.72. The van der Waals surface area contributed by atoms with Gasteiger partial charge < -0.3 is 9.80 Å². The van der Waals surface area contributed by atoms with Crippen molar-refractivity contribution < 1.29 is 4.39 Å². The number of likely N-dealkylation sites (N-methyl/N-ethyl adjacent to an activating group) is 1. The molecule has 1 saturated heterocycles. The average molecular weight is 364 g/mol. The maximum Gasteiger partial charge on any atom is 0.203 e. The van der Waals surface area contributed by atoms with Crippen LogP contribution in [-0.4, -0.2) is 55.7 Å². The molecule has 0 bridgehead atoms. The number of hydrogen-bond acceptors (Lipinski definition) is 7. The monoisotopic (exact) mass is 364 g/mol. The molecule has 1 aromatic carbocycles. The van der Waals surface area contributed by atoms with E-state index in [1.165, 1.54) is 18.5 Å². The van der Waals surface area contributed by atoms with Crippen LogP contribution in [0.2, 0.25) is 0 Å². The van der Waals surface area contributed by atoms with Crippen LogP contribution >= 0.6 is 0 Å². The van der Waals surface area contributed by atoms with Crippen LogP contribution in [0.25, 0.3) is 16.6 Å². The highest BCUT2D eigenvalue weighted by atomic mass is 19.1. The van der Waals surface area contributed by atoms with Gasteiger partial charge in [0.1, 0.15) is 23.8 Å². The summed E-state index contributed by atoms with van der Waals surface area (Å²) in [6, 6.07) is 4.81. The summed E-state index contributed by atoms with van der Waals surface area (Å²) in [7, 11) is 1.98. The number of halogens is 1. The van der Waals surface area contributed by atoms with E-state index in [1.807, 2.05) is 24.6 Å². The number of aromatic nitrogens is 6. The minimum Gasteiger partial charge on any atom is -0.353 e. The predicted octanol–water partition coefficient (Wildman–Crippen LogP) is 1.84. The SMILES string of the molecule is Cc1nnc2c(N3CC(N(C)c4ncnc5ccc(F)cc45)C3)nccn12. The van der Waals surface area contributed by atoms with Crippen LogP contribution in [0.3, 0.4) is 0 Å². The van der Waals surface area contributed by atoms with Gasteiger partial charge >= 0.3 is 0 Å². The minimum absolute atomic E-state index is 0.234. The van der Waals surface area contributed by atoms with E-state index in [9.17, 15) is 4.39 Å². The van der Waals surface area contributed by atoms with Crippen LogP contribution in [0, 0.1) is 12.7 Å². The fourth-order valence-electron chi connectivity index (χ4n) is 3.49. The van der Waals surface area contributed by atoms with E-state index >= 15 is 0 Å². The summed E-state index contributed by atoms with van der Waals surface area (Å²) in [6.45, 7) is 3.46. The third-order valence-corrected chi connectivity index (χ3v) is 5.10. The van der Waals surface area contributed by atoms with Gasteiger partial charge in [0.25, 0.3) is 0 Å². The zero-order chi connectivity index (χ0) is 18.5. The number of aryl methyl sites for hydroxylation is 1. The van der Waals surface area contributed by atoms with E-state index in [1.54, 1.807) is 12.3 Å². The number of nitrogens with zero attached hydrogens (tertiary/aromatic N) is 8. The Morgan fingerprint density at radius 3 is 2.85 bits per heavy atom. The summed E-state index contributed by atoms with van der Waals surface area (Å²) in [5.41, 5.74) is 1.49. The third kappa shape index (κ3) is 2.46. The Kier molecular flexibility index (Phi) is 3.43. The van der Waals surface area contributed by atoms with E-state index in [0.29, 0.717) is 5.39 Å². The molecule has 0 unspecified atom stereocenters. The summed E-state index contributed by atoms with van der Waals surface area (Å²) >= 11 is 0. The lowest BCUT2D eigenvalue weighted by Gasteiger charge is -2.45. The first-order chi connectivity index (χ1) is 13.1. The minimum atomic E-state index is -0.291. The van der Waals surface area contributed by atoms with Gasteiger partial charge in [-0.2, -0.15) is 0 Å². The third-order valence-electron chi connectivity index (χ3n) is 5.10. The van der Waals surface area contributed by atoms with Gasteiger partial charge in [-0.3, -0.25) is 4.40 Å². The number of fused-ring (bicyclic) bond motifs is 2. The van der Waals surface area contributed by atoms with Crippen LogP contribution in [0.15, 0.2) is 36.9 Å². The molecular formula is C18H17FN8. The normalized spacial score (nSPS) is 14.7. The summed E-state index contributed by atoms with van der Waals surface area (Å²) in [5.74, 6) is 2.09. The van der Waals surface area contributed by atoms with Gasteiger partial charge in [-0.25, -0.2) is 19.3 Å². The van der Waals surface area contributed by atoms with Crippen LogP contribution in [0.1, 0.15) is 5.82 Å². The van der Waals surface area contributed by atoms with Crippen LogP contribution < -0.4 is 9.80 Å². The first-order valence-corrected chi connectivity index (χ1v) is 8.66. The Morgan fingerprint density at radius 2 is 2.00 bits per heavy atom. The van der Waals surface area contributed by atoms with Crippen LogP contribution in [0.4, 0.5) is 16.0 Å². The highest BCUT2D eigenvalue weighted by molar-refractivity contribution is 5.89. The molecule has 4 heterocycles. The zero-order valence-corrected chi connectivity index (χ0v) is 14.9. The topological polar surface area (TPSA) is 75.3 Å². The summed E-state index contributed by atoms with van der Waals surface area (Å²) in [5, 5.41) is 9.07. The number of anilines is 2. The van der Waals surface area contributed by atoms with Crippen LogP contribution in [0.5, 0.6) is 0 Å². The highest BCUT2D eigenvalue weighted by Crippen LogP contribution is 2.29. The number of rotatable bonds is 3. The number of benzene rings is 1. The zero-order valence-electron chi connectivity index (χ0n) is 14.9. The Balaban J connectivity index is 1.41. The Labute approximate surface area is 154 Å². The van der Waals surface area contributed by atoms with Gasteiger partial charge in [-0.05, 0) is 25.1 Å². The molecule has 0 radical (unpaired) electrons. The predicted molar refractivity (Wildman–Crippen MR) is 99.4 cm³/mol. The maximum absolute atomic E-state index is 13.7. The molecule has 1 aliphatic heterocycles.